The van der Waals surface area contributed by atoms with Crippen molar-refractivity contribution < 1.29 is 27.6 Å². The molecule has 0 saturated carbocycles. The summed E-state index contributed by atoms with van der Waals surface area (Å²) in [5.41, 5.74) is 1.30. The number of hydrogen-bond donors (Lipinski definition) is 1. The van der Waals surface area contributed by atoms with Crippen LogP contribution in [-0.4, -0.2) is 24.6 Å². The minimum atomic E-state index is -1.12. The van der Waals surface area contributed by atoms with Crippen LogP contribution in [0, 0.1) is 17.6 Å². The maximum Gasteiger partial charge on any atom is 0.287 e. The first-order valence-corrected chi connectivity index (χ1v) is 9.57. The maximum atomic E-state index is 13.5. The molecular weight excluding hydrogens is 406 g/mol. The molecule has 3 aromatic rings. The number of anilines is 1. The van der Waals surface area contributed by atoms with Crippen molar-refractivity contribution in [3.63, 3.8) is 0 Å². The van der Waals surface area contributed by atoms with Crippen LogP contribution in [0.1, 0.15) is 32.0 Å². The fourth-order valence-electron chi connectivity index (χ4n) is 3.50. The predicted octanol–water partition coefficient (Wildman–Crippen LogP) is 3.51. The van der Waals surface area contributed by atoms with Gasteiger partial charge in [0, 0.05) is 19.7 Å². The summed E-state index contributed by atoms with van der Waals surface area (Å²) in [5, 5.41) is 2.70. The van der Waals surface area contributed by atoms with Crippen LogP contribution in [-0.2, 0) is 17.8 Å². The lowest BCUT2D eigenvalue weighted by molar-refractivity contribution is -0.121. The van der Waals surface area contributed by atoms with E-state index in [-0.39, 0.29) is 30.2 Å². The fraction of sp³-hybridized carbons (Fsp3) is 0.174. The molecule has 2 amide bonds. The van der Waals surface area contributed by atoms with Crippen LogP contribution >= 0.6 is 0 Å². The zero-order chi connectivity index (χ0) is 22.1. The maximum absolute atomic E-state index is 13.5. The average molecular weight is 424 g/mol. The van der Waals surface area contributed by atoms with Crippen molar-refractivity contribution in [2.45, 2.75) is 13.0 Å². The van der Waals surface area contributed by atoms with Gasteiger partial charge in [-0.2, -0.15) is 0 Å². The second-order valence-electron chi connectivity index (χ2n) is 7.26. The molecule has 1 unspecified atom stereocenters. The Morgan fingerprint density at radius 3 is 2.48 bits per heavy atom. The highest BCUT2D eigenvalue weighted by molar-refractivity contribution is 6.21. The van der Waals surface area contributed by atoms with Crippen LogP contribution < -0.4 is 10.2 Å². The number of nitrogens with one attached hydrogen (secondary N) is 1. The molecule has 1 atom stereocenters. The number of nitrogens with zero attached hydrogens (tertiary/aromatic N) is 1. The molecule has 31 heavy (non-hydrogen) atoms. The topological polar surface area (TPSA) is 79.6 Å². The summed E-state index contributed by atoms with van der Waals surface area (Å²) in [5.74, 6) is -4.90. The Labute approximate surface area is 176 Å². The number of rotatable bonds is 5. The zero-order valence-corrected chi connectivity index (χ0v) is 16.5. The van der Waals surface area contributed by atoms with Gasteiger partial charge < -0.3 is 9.73 Å². The number of fused-ring (bicyclic) bond motifs is 1. The molecule has 1 aliphatic heterocycles. The Balaban J connectivity index is 1.54. The van der Waals surface area contributed by atoms with Crippen LogP contribution in [0.5, 0.6) is 0 Å². The first-order valence-electron chi connectivity index (χ1n) is 9.57. The number of benzene rings is 2. The third-order valence-electron chi connectivity index (χ3n) is 5.17. The molecule has 4 rings (SSSR count). The molecule has 2 aromatic carbocycles. The van der Waals surface area contributed by atoms with Crippen molar-refractivity contribution >= 4 is 23.5 Å². The molecule has 0 fully saturated rings. The molecule has 0 radical (unpaired) electrons. The van der Waals surface area contributed by atoms with Gasteiger partial charge >= 0.3 is 0 Å². The lowest BCUT2D eigenvalue weighted by Gasteiger charge is -2.26. The number of halogens is 2. The van der Waals surface area contributed by atoms with Gasteiger partial charge in [-0.15, -0.1) is 0 Å². The van der Waals surface area contributed by atoms with E-state index in [1.54, 1.807) is 0 Å². The summed E-state index contributed by atoms with van der Waals surface area (Å²) < 4.78 is 32.2. The van der Waals surface area contributed by atoms with Gasteiger partial charge in [-0.25, -0.2) is 8.78 Å². The first kappa shape index (κ1) is 20.5. The van der Waals surface area contributed by atoms with Crippen LogP contribution in [0.2, 0.25) is 0 Å². The van der Waals surface area contributed by atoms with E-state index >= 15 is 0 Å². The molecule has 158 valence electrons. The molecule has 0 spiro atoms. The number of furan rings is 1. The smallest absolute Gasteiger partial charge is 0.287 e. The van der Waals surface area contributed by atoms with E-state index < -0.39 is 35.1 Å². The first-order chi connectivity index (χ1) is 14.8. The molecule has 1 N–H and O–H groups in total. The Morgan fingerprint density at radius 2 is 1.77 bits per heavy atom. The summed E-state index contributed by atoms with van der Waals surface area (Å²) in [7, 11) is 1.43. The molecule has 1 aromatic heterocycles. The summed E-state index contributed by atoms with van der Waals surface area (Å²) in [4.78, 5) is 39.3. The van der Waals surface area contributed by atoms with Gasteiger partial charge in [0.2, 0.25) is 11.8 Å². The molecule has 1 aliphatic rings. The van der Waals surface area contributed by atoms with E-state index in [0.717, 1.165) is 22.6 Å². The second kappa shape index (κ2) is 8.14. The second-order valence-corrected chi connectivity index (χ2v) is 7.26. The highest BCUT2D eigenvalue weighted by Gasteiger charge is 2.41. The van der Waals surface area contributed by atoms with Gasteiger partial charge in [-0.05, 0) is 29.7 Å². The number of ketones is 1. The van der Waals surface area contributed by atoms with E-state index in [9.17, 15) is 23.2 Å². The van der Waals surface area contributed by atoms with Gasteiger partial charge in [0.05, 0.1) is 5.56 Å². The highest BCUT2D eigenvalue weighted by atomic mass is 19.2. The Hall–Kier alpha value is -3.81. The third kappa shape index (κ3) is 3.96. The van der Waals surface area contributed by atoms with Crippen molar-refractivity contribution in [3.8, 4) is 0 Å². The number of Topliss-reactive ketones (excluding diaryl/α,β-unsaturated/α-hetero) is 1. The molecule has 0 aliphatic carbocycles. The normalized spacial score (nSPS) is 15.7. The number of carbonyl (C=O) groups is 3. The molecule has 0 saturated heterocycles. The number of amides is 2. The highest BCUT2D eigenvalue weighted by Crippen LogP contribution is 2.34. The number of carbonyl (C=O) groups excluding carboxylic acids is 3. The Kier molecular flexibility index (Phi) is 5.37. The van der Waals surface area contributed by atoms with Gasteiger partial charge in [0.25, 0.3) is 5.91 Å². The monoisotopic (exact) mass is 424 g/mol. The standard InChI is InChI=1S/C23H18F2N2O4/c1-27-22(30)15(9-14-7-8-17(24)18(25)10-14)20(28)16-11-19(31-23(16)27)21(29)26-12-13-5-3-2-4-6-13/h2-8,10-11,15H,9,12H2,1H3,(H,26,29). The summed E-state index contributed by atoms with van der Waals surface area (Å²) in [6, 6.07) is 13.8. The van der Waals surface area contributed by atoms with E-state index in [0.29, 0.717) is 5.56 Å². The van der Waals surface area contributed by atoms with Gasteiger partial charge in [0.15, 0.2) is 23.2 Å². The molecule has 8 heteroatoms. The lowest BCUT2D eigenvalue weighted by Crippen LogP contribution is -2.42. The van der Waals surface area contributed by atoms with Crippen molar-refractivity contribution in [1.82, 2.24) is 5.32 Å². The zero-order valence-electron chi connectivity index (χ0n) is 16.5. The number of hydrogen-bond acceptors (Lipinski definition) is 4. The third-order valence-corrected chi connectivity index (χ3v) is 5.17. The summed E-state index contributed by atoms with van der Waals surface area (Å²) >= 11 is 0. The molecule has 6 nitrogen and oxygen atoms in total. The summed E-state index contributed by atoms with van der Waals surface area (Å²) in [6.07, 6.45) is -0.0979. The molecular formula is C23H18F2N2O4. The molecule has 0 bridgehead atoms. The largest absolute Gasteiger partial charge is 0.434 e. The Bertz CT molecular complexity index is 1170. The summed E-state index contributed by atoms with van der Waals surface area (Å²) in [6.45, 7) is 0.270. The fourth-order valence-corrected chi connectivity index (χ4v) is 3.50. The quantitative estimate of drug-likeness (QED) is 0.636. The minimum absolute atomic E-state index is 0.0126. The van der Waals surface area contributed by atoms with Crippen LogP contribution in [0.3, 0.4) is 0 Å². The van der Waals surface area contributed by atoms with Crippen molar-refractivity contribution in [3.05, 3.63) is 88.7 Å². The van der Waals surface area contributed by atoms with E-state index in [4.69, 9.17) is 4.42 Å². The molecule has 2 heterocycles. The van der Waals surface area contributed by atoms with Gasteiger partial charge in [-0.1, -0.05) is 36.4 Å². The Morgan fingerprint density at radius 1 is 1.03 bits per heavy atom. The van der Waals surface area contributed by atoms with Gasteiger partial charge in [0.1, 0.15) is 5.92 Å². The predicted molar refractivity (Wildman–Crippen MR) is 108 cm³/mol. The van der Waals surface area contributed by atoms with Crippen LogP contribution in [0.25, 0.3) is 0 Å². The van der Waals surface area contributed by atoms with Gasteiger partial charge in [-0.3, -0.25) is 19.3 Å². The van der Waals surface area contributed by atoms with Crippen molar-refractivity contribution in [1.29, 1.82) is 0 Å². The van der Waals surface area contributed by atoms with E-state index in [2.05, 4.69) is 5.32 Å². The van der Waals surface area contributed by atoms with Crippen LogP contribution in [0.15, 0.2) is 59.0 Å². The van der Waals surface area contributed by atoms with Crippen molar-refractivity contribution in [2.75, 3.05) is 11.9 Å². The van der Waals surface area contributed by atoms with E-state index in [1.165, 1.54) is 19.2 Å². The SMILES string of the molecule is CN1C(=O)C(Cc2ccc(F)c(F)c2)C(=O)c2cc(C(=O)NCc3ccccc3)oc21. The van der Waals surface area contributed by atoms with Crippen LogP contribution in [0.4, 0.5) is 14.7 Å². The van der Waals surface area contributed by atoms with Crippen molar-refractivity contribution in [2.24, 2.45) is 5.92 Å². The minimum Gasteiger partial charge on any atom is -0.434 e. The van der Waals surface area contributed by atoms with E-state index in [1.807, 2.05) is 30.3 Å². The lowest BCUT2D eigenvalue weighted by atomic mass is 9.88. The average Bonchev–Trinajstić information content (AvgIpc) is 3.23.